The summed E-state index contributed by atoms with van der Waals surface area (Å²) < 4.78 is 0. The van der Waals surface area contributed by atoms with Crippen molar-refractivity contribution in [3.8, 4) is 0 Å². The average molecular weight is 310 g/mol. The Bertz CT molecular complexity index is 549. The summed E-state index contributed by atoms with van der Waals surface area (Å²) in [4.78, 5) is 26.5. The summed E-state index contributed by atoms with van der Waals surface area (Å²) in [5.74, 6) is -0.371. The summed E-state index contributed by atoms with van der Waals surface area (Å²) >= 11 is 1.33. The molecule has 0 spiro atoms. The molecule has 2 amide bonds. The molecule has 6 heteroatoms. The van der Waals surface area contributed by atoms with Crippen molar-refractivity contribution in [1.29, 1.82) is 0 Å². The van der Waals surface area contributed by atoms with Crippen molar-refractivity contribution in [1.82, 2.24) is 4.90 Å². The summed E-state index contributed by atoms with van der Waals surface area (Å²) in [5, 5.41) is 12.6. The number of nitrogens with one attached hydrogen (secondary N) is 1. The first-order valence-corrected chi connectivity index (χ1v) is 8.14. The molecule has 0 atom stereocenters. The minimum Gasteiger partial charge on any atom is -0.478 e. The van der Waals surface area contributed by atoms with Gasteiger partial charge in [-0.05, 0) is 44.6 Å². The van der Waals surface area contributed by atoms with Crippen molar-refractivity contribution in [2.45, 2.75) is 40.0 Å². The Labute approximate surface area is 129 Å². The van der Waals surface area contributed by atoms with Crippen molar-refractivity contribution in [2.75, 3.05) is 18.4 Å². The number of nitrogens with zero attached hydrogens (tertiary/aromatic N) is 1. The molecular formula is C15H22N2O3S. The molecular weight excluding hydrogens is 288 g/mol. The molecule has 1 saturated carbocycles. The molecule has 1 heterocycles. The van der Waals surface area contributed by atoms with Crippen LogP contribution in [0.3, 0.4) is 0 Å². The number of carbonyl (C=O) groups is 2. The molecule has 21 heavy (non-hydrogen) atoms. The van der Waals surface area contributed by atoms with Crippen LogP contribution in [0.5, 0.6) is 0 Å². The second-order valence-electron chi connectivity index (χ2n) is 5.61. The van der Waals surface area contributed by atoms with Crippen LogP contribution in [-0.2, 0) is 0 Å². The molecule has 0 saturated heterocycles. The molecule has 5 nitrogen and oxygen atoms in total. The Kier molecular flexibility index (Phi) is 4.88. The van der Waals surface area contributed by atoms with E-state index in [-0.39, 0.29) is 11.6 Å². The number of carboxylic acids is 1. The van der Waals surface area contributed by atoms with Gasteiger partial charge in [0.05, 0.1) is 5.56 Å². The number of hydrogen-bond donors (Lipinski definition) is 2. The zero-order chi connectivity index (χ0) is 15.6. The summed E-state index contributed by atoms with van der Waals surface area (Å²) in [5.41, 5.74) is 0.945. The van der Waals surface area contributed by atoms with Crippen molar-refractivity contribution in [3.63, 3.8) is 0 Å². The molecule has 0 aromatic carbocycles. The number of aromatic carboxylic acids is 1. The van der Waals surface area contributed by atoms with E-state index in [1.54, 1.807) is 11.8 Å². The third kappa shape index (κ3) is 3.75. The fourth-order valence-electron chi connectivity index (χ4n) is 2.31. The van der Waals surface area contributed by atoms with E-state index in [2.05, 4.69) is 5.32 Å². The Morgan fingerprint density at radius 3 is 2.57 bits per heavy atom. The standard InChI is InChI=1S/C15H22N2O3S/c1-4-7-17(8-11-5-6-11)15(20)16-13-12(14(18)19)9(2)10(3)21-13/h11H,4-8H2,1-3H3,(H,16,20)(H,18,19). The van der Waals surface area contributed by atoms with Gasteiger partial charge in [-0.2, -0.15) is 0 Å². The Morgan fingerprint density at radius 1 is 1.38 bits per heavy atom. The van der Waals surface area contributed by atoms with Gasteiger partial charge in [-0.25, -0.2) is 9.59 Å². The summed E-state index contributed by atoms with van der Waals surface area (Å²) in [6, 6.07) is -0.188. The number of thiophene rings is 1. The summed E-state index contributed by atoms with van der Waals surface area (Å²) in [6.45, 7) is 7.16. The monoisotopic (exact) mass is 310 g/mol. The smallest absolute Gasteiger partial charge is 0.338 e. The maximum Gasteiger partial charge on any atom is 0.338 e. The zero-order valence-corrected chi connectivity index (χ0v) is 13.5. The predicted octanol–water partition coefficient (Wildman–Crippen LogP) is 3.72. The lowest BCUT2D eigenvalue weighted by Crippen LogP contribution is -2.37. The molecule has 1 aliphatic rings. The van der Waals surface area contributed by atoms with Gasteiger partial charge in [0, 0.05) is 18.0 Å². The molecule has 116 valence electrons. The minimum absolute atomic E-state index is 0.188. The number of rotatable bonds is 6. The number of hydrogen-bond acceptors (Lipinski definition) is 3. The van der Waals surface area contributed by atoms with E-state index in [9.17, 15) is 14.7 Å². The third-order valence-corrected chi connectivity index (χ3v) is 4.90. The first-order valence-electron chi connectivity index (χ1n) is 7.33. The second-order valence-corrected chi connectivity index (χ2v) is 6.84. The Morgan fingerprint density at radius 2 is 2.05 bits per heavy atom. The molecule has 0 radical (unpaired) electrons. The number of carboxylic acid groups (broad SMARTS) is 1. The largest absolute Gasteiger partial charge is 0.478 e. The van der Waals surface area contributed by atoms with Gasteiger partial charge in [0.1, 0.15) is 5.00 Å². The van der Waals surface area contributed by atoms with Gasteiger partial charge in [-0.15, -0.1) is 11.3 Å². The normalized spacial score (nSPS) is 14.0. The van der Waals surface area contributed by atoms with Crippen LogP contribution in [0.4, 0.5) is 9.80 Å². The van der Waals surface area contributed by atoms with Crippen LogP contribution in [0.15, 0.2) is 0 Å². The lowest BCUT2D eigenvalue weighted by atomic mass is 10.1. The van der Waals surface area contributed by atoms with E-state index in [1.165, 1.54) is 24.2 Å². The maximum absolute atomic E-state index is 12.4. The topological polar surface area (TPSA) is 69.6 Å². The van der Waals surface area contributed by atoms with E-state index >= 15 is 0 Å². The van der Waals surface area contributed by atoms with E-state index in [1.807, 2.05) is 13.8 Å². The molecule has 0 unspecified atom stereocenters. The van der Waals surface area contributed by atoms with Crippen molar-refractivity contribution in [3.05, 3.63) is 16.0 Å². The number of urea groups is 1. The van der Waals surface area contributed by atoms with Gasteiger partial charge in [0.15, 0.2) is 0 Å². The fraction of sp³-hybridized carbons (Fsp3) is 0.600. The van der Waals surface area contributed by atoms with Crippen LogP contribution in [0.1, 0.15) is 47.0 Å². The minimum atomic E-state index is -0.989. The van der Waals surface area contributed by atoms with Gasteiger partial charge in [-0.3, -0.25) is 5.32 Å². The zero-order valence-electron chi connectivity index (χ0n) is 12.7. The summed E-state index contributed by atoms with van der Waals surface area (Å²) in [6.07, 6.45) is 3.27. The highest BCUT2D eigenvalue weighted by atomic mass is 32.1. The van der Waals surface area contributed by atoms with Gasteiger partial charge in [0.2, 0.25) is 0 Å². The highest BCUT2D eigenvalue weighted by Crippen LogP contribution is 2.33. The van der Waals surface area contributed by atoms with Gasteiger partial charge in [0.25, 0.3) is 0 Å². The number of carbonyl (C=O) groups excluding carboxylic acids is 1. The van der Waals surface area contributed by atoms with Crippen LogP contribution < -0.4 is 5.32 Å². The molecule has 1 aromatic rings. The lowest BCUT2D eigenvalue weighted by Gasteiger charge is -2.22. The van der Waals surface area contributed by atoms with Crippen molar-refractivity contribution in [2.24, 2.45) is 5.92 Å². The molecule has 0 aliphatic heterocycles. The average Bonchev–Trinajstić information content (AvgIpc) is 3.16. The lowest BCUT2D eigenvalue weighted by molar-refractivity contribution is 0.0697. The molecule has 2 rings (SSSR count). The number of anilines is 1. The number of aryl methyl sites for hydroxylation is 1. The predicted molar refractivity (Wildman–Crippen MR) is 84.4 cm³/mol. The Hall–Kier alpha value is -1.56. The first kappa shape index (κ1) is 15.8. The van der Waals surface area contributed by atoms with Crippen molar-refractivity contribution < 1.29 is 14.7 Å². The van der Waals surface area contributed by atoms with Crippen LogP contribution in [-0.4, -0.2) is 35.1 Å². The van der Waals surface area contributed by atoms with Gasteiger partial charge < -0.3 is 10.0 Å². The molecule has 1 aliphatic carbocycles. The van der Waals surface area contributed by atoms with Crippen LogP contribution >= 0.6 is 11.3 Å². The van der Waals surface area contributed by atoms with E-state index in [0.29, 0.717) is 17.5 Å². The highest BCUT2D eigenvalue weighted by Gasteiger charge is 2.27. The van der Waals surface area contributed by atoms with Gasteiger partial charge >= 0.3 is 12.0 Å². The SMILES string of the molecule is CCCN(CC1CC1)C(=O)Nc1sc(C)c(C)c1C(=O)O. The fourth-order valence-corrected chi connectivity index (χ4v) is 3.35. The number of amides is 2. The molecule has 1 fully saturated rings. The summed E-state index contributed by atoms with van der Waals surface area (Å²) in [7, 11) is 0. The van der Waals surface area contributed by atoms with E-state index < -0.39 is 5.97 Å². The first-order chi connectivity index (χ1) is 9.93. The van der Waals surface area contributed by atoms with Crippen LogP contribution in [0, 0.1) is 19.8 Å². The van der Waals surface area contributed by atoms with E-state index in [4.69, 9.17) is 0 Å². The quantitative estimate of drug-likeness (QED) is 0.841. The maximum atomic E-state index is 12.4. The second kappa shape index (κ2) is 6.47. The van der Waals surface area contributed by atoms with E-state index in [0.717, 1.165) is 23.4 Å². The highest BCUT2D eigenvalue weighted by molar-refractivity contribution is 7.16. The third-order valence-electron chi connectivity index (χ3n) is 3.78. The molecule has 1 aromatic heterocycles. The Balaban J connectivity index is 2.13. The van der Waals surface area contributed by atoms with Crippen LogP contribution in [0.2, 0.25) is 0 Å². The van der Waals surface area contributed by atoms with Crippen LogP contribution in [0.25, 0.3) is 0 Å². The van der Waals surface area contributed by atoms with Gasteiger partial charge in [-0.1, -0.05) is 6.92 Å². The molecule has 0 bridgehead atoms. The van der Waals surface area contributed by atoms with Crippen molar-refractivity contribution >= 4 is 28.3 Å². The molecule has 2 N–H and O–H groups in total.